The maximum absolute atomic E-state index is 11.6. The SMILES string of the molecule is CC(O)C(N)CNC(=O)C(F)F. The average molecular weight is 182 g/mol. The van der Waals surface area contributed by atoms with E-state index in [2.05, 4.69) is 0 Å². The van der Waals surface area contributed by atoms with Gasteiger partial charge in [-0.2, -0.15) is 8.78 Å². The molecule has 6 heteroatoms. The molecular formula is C6H12F2N2O2. The van der Waals surface area contributed by atoms with Crippen LogP contribution in [-0.2, 0) is 4.79 Å². The number of carbonyl (C=O) groups is 1. The molecule has 0 aliphatic rings. The van der Waals surface area contributed by atoms with Crippen molar-refractivity contribution < 1.29 is 18.7 Å². The number of hydrogen-bond donors (Lipinski definition) is 3. The molecule has 0 aromatic rings. The van der Waals surface area contributed by atoms with E-state index in [1.807, 2.05) is 5.32 Å². The van der Waals surface area contributed by atoms with Crippen LogP contribution in [0.4, 0.5) is 8.78 Å². The van der Waals surface area contributed by atoms with Gasteiger partial charge >= 0.3 is 6.43 Å². The lowest BCUT2D eigenvalue weighted by Crippen LogP contribution is -2.45. The molecule has 72 valence electrons. The minimum absolute atomic E-state index is 0.152. The third kappa shape index (κ3) is 4.20. The number of carbonyl (C=O) groups excluding carboxylic acids is 1. The summed E-state index contributed by atoms with van der Waals surface area (Å²) in [6.45, 7) is 1.26. The van der Waals surface area contributed by atoms with Crippen molar-refractivity contribution in [2.45, 2.75) is 25.5 Å². The predicted molar refractivity (Wildman–Crippen MR) is 38.7 cm³/mol. The van der Waals surface area contributed by atoms with Crippen LogP contribution in [0.5, 0.6) is 0 Å². The summed E-state index contributed by atoms with van der Waals surface area (Å²) in [6, 6.07) is -0.715. The Bertz CT molecular complexity index is 152. The highest BCUT2D eigenvalue weighted by molar-refractivity contribution is 5.79. The molecule has 1 amide bonds. The summed E-state index contributed by atoms with van der Waals surface area (Å²) < 4.78 is 23.1. The van der Waals surface area contributed by atoms with E-state index in [0.29, 0.717) is 0 Å². The maximum atomic E-state index is 11.6. The van der Waals surface area contributed by atoms with Crippen LogP contribution in [0.3, 0.4) is 0 Å². The monoisotopic (exact) mass is 182 g/mol. The number of nitrogens with one attached hydrogen (secondary N) is 1. The van der Waals surface area contributed by atoms with Gasteiger partial charge in [-0.1, -0.05) is 0 Å². The first-order valence-corrected chi connectivity index (χ1v) is 3.44. The molecule has 0 spiro atoms. The molecular weight excluding hydrogens is 170 g/mol. The quantitative estimate of drug-likeness (QED) is 0.526. The van der Waals surface area contributed by atoms with Gasteiger partial charge in [-0.3, -0.25) is 4.79 Å². The second kappa shape index (κ2) is 5.00. The smallest absolute Gasteiger partial charge is 0.315 e. The minimum atomic E-state index is -3.04. The highest BCUT2D eigenvalue weighted by atomic mass is 19.3. The van der Waals surface area contributed by atoms with Crippen LogP contribution in [0.2, 0.25) is 0 Å². The van der Waals surface area contributed by atoms with E-state index in [1.54, 1.807) is 0 Å². The van der Waals surface area contributed by atoms with Crippen LogP contribution >= 0.6 is 0 Å². The summed E-state index contributed by atoms with van der Waals surface area (Å²) in [4.78, 5) is 10.3. The average Bonchev–Trinajstić information content (AvgIpc) is 1.98. The topological polar surface area (TPSA) is 75.3 Å². The molecule has 0 aliphatic carbocycles. The van der Waals surface area contributed by atoms with Gasteiger partial charge in [0.15, 0.2) is 0 Å². The first kappa shape index (κ1) is 11.2. The molecule has 0 fully saturated rings. The molecule has 2 atom stereocenters. The number of halogens is 2. The van der Waals surface area contributed by atoms with Crippen LogP contribution in [0.15, 0.2) is 0 Å². The van der Waals surface area contributed by atoms with Gasteiger partial charge in [0.2, 0.25) is 0 Å². The molecule has 2 unspecified atom stereocenters. The lowest BCUT2D eigenvalue weighted by molar-refractivity contribution is -0.131. The zero-order chi connectivity index (χ0) is 9.72. The number of amides is 1. The van der Waals surface area contributed by atoms with E-state index in [1.165, 1.54) is 6.92 Å². The van der Waals surface area contributed by atoms with Crippen LogP contribution < -0.4 is 11.1 Å². The number of aliphatic hydroxyl groups excluding tert-OH is 1. The standard InChI is InChI=1S/C6H12F2N2O2/c1-3(11)4(9)2-10-6(12)5(7)8/h3-5,11H,2,9H2,1H3,(H,10,12). The van der Waals surface area contributed by atoms with Gasteiger partial charge in [-0.15, -0.1) is 0 Å². The molecule has 0 saturated heterocycles. The normalized spacial score (nSPS) is 15.8. The number of alkyl halides is 2. The molecule has 0 saturated carbocycles. The van der Waals surface area contributed by atoms with E-state index in [9.17, 15) is 13.6 Å². The third-order valence-electron chi connectivity index (χ3n) is 1.33. The minimum Gasteiger partial charge on any atom is -0.392 e. The van der Waals surface area contributed by atoms with Gasteiger partial charge < -0.3 is 16.2 Å². The van der Waals surface area contributed by atoms with Gasteiger partial charge in [-0.25, -0.2) is 0 Å². The van der Waals surface area contributed by atoms with E-state index >= 15 is 0 Å². The Morgan fingerprint density at radius 1 is 1.67 bits per heavy atom. The summed E-state index contributed by atoms with van der Waals surface area (Å²) >= 11 is 0. The second-order valence-corrected chi connectivity index (χ2v) is 2.45. The number of aliphatic hydroxyl groups is 1. The summed E-state index contributed by atoms with van der Waals surface area (Å²) in [7, 11) is 0. The molecule has 4 N–H and O–H groups in total. The van der Waals surface area contributed by atoms with Crippen molar-refractivity contribution in [2.24, 2.45) is 5.73 Å². The van der Waals surface area contributed by atoms with Crippen LogP contribution in [0, 0.1) is 0 Å². The Kier molecular flexibility index (Phi) is 4.68. The molecule has 0 radical (unpaired) electrons. The fourth-order valence-electron chi connectivity index (χ4n) is 0.466. The van der Waals surface area contributed by atoms with Crippen LogP contribution in [-0.4, -0.2) is 36.1 Å². The Morgan fingerprint density at radius 2 is 2.17 bits per heavy atom. The molecule has 12 heavy (non-hydrogen) atoms. The molecule has 0 aromatic heterocycles. The van der Waals surface area contributed by atoms with Gasteiger partial charge in [0.05, 0.1) is 6.10 Å². The Labute approximate surface area is 68.7 Å². The van der Waals surface area contributed by atoms with E-state index in [0.717, 1.165) is 0 Å². The van der Waals surface area contributed by atoms with E-state index in [4.69, 9.17) is 10.8 Å². The lowest BCUT2D eigenvalue weighted by Gasteiger charge is -2.14. The largest absolute Gasteiger partial charge is 0.392 e. The second-order valence-electron chi connectivity index (χ2n) is 2.45. The van der Waals surface area contributed by atoms with Crippen molar-refractivity contribution in [3.05, 3.63) is 0 Å². The van der Waals surface area contributed by atoms with Crippen molar-refractivity contribution in [3.8, 4) is 0 Å². The molecule has 0 aromatic carbocycles. The van der Waals surface area contributed by atoms with Gasteiger partial charge in [0.25, 0.3) is 5.91 Å². The first-order chi connectivity index (χ1) is 5.45. The van der Waals surface area contributed by atoms with Gasteiger partial charge in [0.1, 0.15) is 0 Å². The summed E-state index contributed by atoms with van der Waals surface area (Å²) in [5.41, 5.74) is 5.26. The first-order valence-electron chi connectivity index (χ1n) is 3.44. The van der Waals surface area contributed by atoms with Crippen molar-refractivity contribution >= 4 is 5.91 Å². The van der Waals surface area contributed by atoms with E-state index < -0.39 is 24.5 Å². The van der Waals surface area contributed by atoms with Crippen molar-refractivity contribution in [1.29, 1.82) is 0 Å². The maximum Gasteiger partial charge on any atom is 0.315 e. The fourth-order valence-corrected chi connectivity index (χ4v) is 0.466. The molecule has 4 nitrogen and oxygen atoms in total. The molecule has 0 rings (SSSR count). The Morgan fingerprint density at radius 3 is 2.50 bits per heavy atom. The fraction of sp³-hybridized carbons (Fsp3) is 0.833. The Hall–Kier alpha value is -0.750. The van der Waals surface area contributed by atoms with Crippen molar-refractivity contribution in [3.63, 3.8) is 0 Å². The highest BCUT2D eigenvalue weighted by Crippen LogP contribution is 1.92. The van der Waals surface area contributed by atoms with Gasteiger partial charge in [0, 0.05) is 12.6 Å². The van der Waals surface area contributed by atoms with Crippen LogP contribution in [0.25, 0.3) is 0 Å². The Balaban J connectivity index is 3.61. The zero-order valence-electron chi connectivity index (χ0n) is 6.63. The van der Waals surface area contributed by atoms with Crippen LogP contribution in [0.1, 0.15) is 6.92 Å². The molecule has 0 aliphatic heterocycles. The van der Waals surface area contributed by atoms with E-state index in [-0.39, 0.29) is 6.54 Å². The van der Waals surface area contributed by atoms with Crippen molar-refractivity contribution in [1.82, 2.24) is 5.32 Å². The summed E-state index contributed by atoms with van der Waals surface area (Å²) in [5, 5.41) is 10.7. The summed E-state index contributed by atoms with van der Waals surface area (Å²) in [6.07, 6.45) is -3.87. The molecule has 0 heterocycles. The number of hydrogen-bond acceptors (Lipinski definition) is 3. The number of nitrogens with two attached hydrogens (primary N) is 1. The van der Waals surface area contributed by atoms with Gasteiger partial charge in [-0.05, 0) is 6.92 Å². The summed E-state index contributed by atoms with van der Waals surface area (Å²) in [5.74, 6) is -1.37. The highest BCUT2D eigenvalue weighted by Gasteiger charge is 2.16. The molecule has 0 bridgehead atoms. The predicted octanol–water partition coefficient (Wildman–Crippen LogP) is -0.924. The zero-order valence-corrected chi connectivity index (χ0v) is 6.63. The lowest BCUT2D eigenvalue weighted by atomic mass is 10.2. The van der Waals surface area contributed by atoms with Crippen molar-refractivity contribution in [2.75, 3.05) is 6.54 Å². The third-order valence-corrected chi connectivity index (χ3v) is 1.33. The number of rotatable bonds is 4.